The standard InChI is InChI=1S/C21H22ClFN2O4/c1-28-18-11-19(29-2)17(10-16(18)22)24-20(26)14-4-3-9-25(12-14)21(27)13-5-7-15(23)8-6-13/h5-8,10-11,14H,3-4,9,12H2,1-2H3,(H,24,26)/t14-/m1/s1. The number of hydrogen-bond acceptors (Lipinski definition) is 4. The van der Waals surface area contributed by atoms with Gasteiger partial charge in [-0.15, -0.1) is 0 Å². The first-order valence-electron chi connectivity index (χ1n) is 9.20. The van der Waals surface area contributed by atoms with Crippen LogP contribution in [0.25, 0.3) is 0 Å². The minimum absolute atomic E-state index is 0.215. The Kier molecular flexibility index (Phi) is 6.59. The molecule has 1 atom stereocenters. The lowest BCUT2D eigenvalue weighted by Crippen LogP contribution is -2.43. The first kappa shape index (κ1) is 20.9. The highest BCUT2D eigenvalue weighted by Crippen LogP contribution is 2.36. The summed E-state index contributed by atoms with van der Waals surface area (Å²) in [5, 5.41) is 3.19. The van der Waals surface area contributed by atoms with Crippen LogP contribution in [0.2, 0.25) is 5.02 Å². The zero-order chi connectivity index (χ0) is 21.0. The van der Waals surface area contributed by atoms with Crippen molar-refractivity contribution in [1.29, 1.82) is 0 Å². The molecule has 0 saturated carbocycles. The SMILES string of the molecule is COc1cc(OC)c(NC(=O)[C@@H]2CCCN(C(=O)c3ccc(F)cc3)C2)cc1Cl. The van der Waals surface area contributed by atoms with Gasteiger partial charge in [0, 0.05) is 24.7 Å². The number of benzene rings is 2. The monoisotopic (exact) mass is 420 g/mol. The molecule has 1 heterocycles. The van der Waals surface area contributed by atoms with Crippen molar-refractivity contribution in [2.75, 3.05) is 32.6 Å². The third-order valence-electron chi connectivity index (χ3n) is 4.90. The fourth-order valence-corrected chi connectivity index (χ4v) is 3.58. The average Bonchev–Trinajstić information content (AvgIpc) is 2.74. The second kappa shape index (κ2) is 9.13. The molecule has 2 aromatic carbocycles. The summed E-state index contributed by atoms with van der Waals surface area (Å²) in [5.74, 6) is -0.345. The number of rotatable bonds is 5. The van der Waals surface area contributed by atoms with Gasteiger partial charge >= 0.3 is 0 Å². The van der Waals surface area contributed by atoms with Gasteiger partial charge in [-0.2, -0.15) is 0 Å². The molecule has 29 heavy (non-hydrogen) atoms. The molecular weight excluding hydrogens is 399 g/mol. The molecule has 0 aromatic heterocycles. The second-order valence-electron chi connectivity index (χ2n) is 6.77. The van der Waals surface area contributed by atoms with Gasteiger partial charge in [-0.05, 0) is 43.2 Å². The number of carbonyl (C=O) groups excluding carboxylic acids is 2. The molecule has 0 spiro atoms. The molecule has 6 nitrogen and oxygen atoms in total. The zero-order valence-corrected chi connectivity index (χ0v) is 17.0. The molecule has 1 aliphatic heterocycles. The van der Waals surface area contributed by atoms with E-state index in [0.717, 1.165) is 0 Å². The normalized spacial score (nSPS) is 16.3. The number of methoxy groups -OCH3 is 2. The molecule has 2 aromatic rings. The van der Waals surface area contributed by atoms with Crippen LogP contribution in [-0.4, -0.2) is 44.0 Å². The van der Waals surface area contributed by atoms with Crippen LogP contribution in [0.15, 0.2) is 36.4 Å². The predicted molar refractivity (Wildman–Crippen MR) is 108 cm³/mol. The van der Waals surface area contributed by atoms with Gasteiger partial charge in [0.25, 0.3) is 5.91 Å². The molecule has 0 radical (unpaired) electrons. The van der Waals surface area contributed by atoms with E-state index in [-0.39, 0.29) is 24.3 Å². The van der Waals surface area contributed by atoms with E-state index in [0.29, 0.717) is 47.2 Å². The molecule has 1 aliphatic rings. The smallest absolute Gasteiger partial charge is 0.253 e. The molecule has 8 heteroatoms. The second-order valence-corrected chi connectivity index (χ2v) is 7.18. The number of ether oxygens (including phenoxy) is 2. The number of likely N-dealkylation sites (tertiary alicyclic amines) is 1. The highest BCUT2D eigenvalue weighted by Gasteiger charge is 2.29. The van der Waals surface area contributed by atoms with Crippen LogP contribution in [0.4, 0.5) is 10.1 Å². The van der Waals surface area contributed by atoms with Crippen LogP contribution < -0.4 is 14.8 Å². The van der Waals surface area contributed by atoms with Gasteiger partial charge in [0.1, 0.15) is 17.3 Å². The number of amides is 2. The van der Waals surface area contributed by atoms with Crippen molar-refractivity contribution in [3.05, 3.63) is 52.8 Å². The summed E-state index contributed by atoms with van der Waals surface area (Å²) in [6.45, 7) is 0.839. The number of carbonyl (C=O) groups is 2. The largest absolute Gasteiger partial charge is 0.495 e. The zero-order valence-electron chi connectivity index (χ0n) is 16.2. The molecule has 0 unspecified atom stereocenters. The average molecular weight is 421 g/mol. The van der Waals surface area contributed by atoms with E-state index >= 15 is 0 Å². The van der Waals surface area contributed by atoms with Gasteiger partial charge in [0.2, 0.25) is 5.91 Å². The Hall–Kier alpha value is -2.80. The number of halogens is 2. The lowest BCUT2D eigenvalue weighted by atomic mass is 9.96. The van der Waals surface area contributed by atoms with Gasteiger partial charge in [-0.3, -0.25) is 9.59 Å². The Balaban J connectivity index is 1.71. The molecule has 1 N–H and O–H groups in total. The minimum atomic E-state index is -0.399. The molecule has 1 saturated heterocycles. The first-order chi connectivity index (χ1) is 13.9. The van der Waals surface area contributed by atoms with Crippen molar-refractivity contribution >= 4 is 29.1 Å². The third kappa shape index (κ3) is 4.79. The van der Waals surface area contributed by atoms with E-state index in [4.69, 9.17) is 21.1 Å². The van der Waals surface area contributed by atoms with E-state index in [1.807, 2.05) is 0 Å². The Morgan fingerprint density at radius 1 is 1.14 bits per heavy atom. The van der Waals surface area contributed by atoms with Crippen LogP contribution in [0, 0.1) is 11.7 Å². The summed E-state index contributed by atoms with van der Waals surface area (Å²) in [5.41, 5.74) is 0.835. The third-order valence-corrected chi connectivity index (χ3v) is 5.20. The van der Waals surface area contributed by atoms with Crippen LogP contribution >= 0.6 is 11.6 Å². The van der Waals surface area contributed by atoms with Crippen molar-refractivity contribution in [2.45, 2.75) is 12.8 Å². The fourth-order valence-electron chi connectivity index (χ4n) is 3.34. The quantitative estimate of drug-likeness (QED) is 0.794. The highest BCUT2D eigenvalue weighted by atomic mass is 35.5. The Bertz CT molecular complexity index is 904. The highest BCUT2D eigenvalue weighted by molar-refractivity contribution is 6.32. The van der Waals surface area contributed by atoms with Gasteiger partial charge in [0.15, 0.2) is 0 Å². The van der Waals surface area contributed by atoms with Crippen molar-refractivity contribution in [1.82, 2.24) is 4.90 Å². The predicted octanol–water partition coefficient (Wildman–Crippen LogP) is 3.99. The summed E-state index contributed by atoms with van der Waals surface area (Å²) < 4.78 is 23.6. The van der Waals surface area contributed by atoms with Gasteiger partial charge in [-0.1, -0.05) is 11.6 Å². The van der Waals surface area contributed by atoms with E-state index in [2.05, 4.69) is 5.32 Å². The topological polar surface area (TPSA) is 67.9 Å². The Labute approximate surface area is 173 Å². The van der Waals surface area contributed by atoms with Crippen LogP contribution in [-0.2, 0) is 4.79 Å². The van der Waals surface area contributed by atoms with Crippen molar-refractivity contribution in [3.63, 3.8) is 0 Å². The lowest BCUT2D eigenvalue weighted by molar-refractivity contribution is -0.121. The van der Waals surface area contributed by atoms with Crippen molar-refractivity contribution in [2.24, 2.45) is 5.92 Å². The van der Waals surface area contributed by atoms with Crippen LogP contribution in [0.5, 0.6) is 11.5 Å². The number of piperidine rings is 1. The number of hydrogen-bond donors (Lipinski definition) is 1. The first-order valence-corrected chi connectivity index (χ1v) is 9.58. The summed E-state index contributed by atoms with van der Waals surface area (Å²) in [4.78, 5) is 27.1. The van der Waals surface area contributed by atoms with Gasteiger partial charge in [-0.25, -0.2) is 4.39 Å². The molecule has 2 amide bonds. The molecule has 3 rings (SSSR count). The Morgan fingerprint density at radius 2 is 1.83 bits per heavy atom. The summed E-state index contributed by atoms with van der Waals surface area (Å²) in [7, 11) is 2.98. The Morgan fingerprint density at radius 3 is 2.48 bits per heavy atom. The maximum absolute atomic E-state index is 13.1. The molecule has 1 fully saturated rings. The number of nitrogens with zero attached hydrogens (tertiary/aromatic N) is 1. The van der Waals surface area contributed by atoms with Crippen LogP contribution in [0.1, 0.15) is 23.2 Å². The van der Waals surface area contributed by atoms with Gasteiger partial charge < -0.3 is 19.7 Å². The van der Waals surface area contributed by atoms with E-state index in [1.165, 1.54) is 38.5 Å². The molecular formula is C21H22ClFN2O4. The maximum atomic E-state index is 13.1. The maximum Gasteiger partial charge on any atom is 0.253 e. The van der Waals surface area contributed by atoms with Gasteiger partial charge in [0.05, 0.1) is 30.8 Å². The summed E-state index contributed by atoms with van der Waals surface area (Å²) in [6, 6.07) is 8.57. The summed E-state index contributed by atoms with van der Waals surface area (Å²) >= 11 is 6.16. The van der Waals surface area contributed by atoms with Crippen molar-refractivity contribution < 1.29 is 23.5 Å². The molecule has 154 valence electrons. The molecule has 0 aliphatic carbocycles. The number of anilines is 1. The summed E-state index contributed by atoms with van der Waals surface area (Å²) in [6.07, 6.45) is 1.36. The van der Waals surface area contributed by atoms with Crippen LogP contribution in [0.3, 0.4) is 0 Å². The molecule has 0 bridgehead atoms. The lowest BCUT2D eigenvalue weighted by Gasteiger charge is -2.32. The minimum Gasteiger partial charge on any atom is -0.495 e. The van der Waals surface area contributed by atoms with Crippen molar-refractivity contribution in [3.8, 4) is 11.5 Å². The van der Waals surface area contributed by atoms with E-state index in [9.17, 15) is 14.0 Å². The fraction of sp³-hybridized carbons (Fsp3) is 0.333. The van der Waals surface area contributed by atoms with E-state index < -0.39 is 5.82 Å². The number of nitrogens with one attached hydrogen (secondary N) is 1. The van der Waals surface area contributed by atoms with E-state index in [1.54, 1.807) is 17.0 Å².